The highest BCUT2D eigenvalue weighted by molar-refractivity contribution is 5.32. The SMILES string of the molecule is CNC1c2ccccc2CCCC1OCCOC. The van der Waals surface area contributed by atoms with E-state index in [1.807, 2.05) is 7.05 Å². The van der Waals surface area contributed by atoms with Crippen LogP contribution in [-0.2, 0) is 15.9 Å². The number of nitrogens with one attached hydrogen (secondary N) is 1. The second-order valence-electron chi connectivity index (χ2n) is 4.76. The second kappa shape index (κ2) is 6.88. The minimum Gasteiger partial charge on any atom is -0.382 e. The van der Waals surface area contributed by atoms with E-state index >= 15 is 0 Å². The smallest absolute Gasteiger partial charge is 0.0771 e. The lowest BCUT2D eigenvalue weighted by Gasteiger charge is -2.26. The highest BCUT2D eigenvalue weighted by atomic mass is 16.5. The Labute approximate surface area is 109 Å². The Kier molecular flexibility index (Phi) is 5.17. The zero-order valence-corrected chi connectivity index (χ0v) is 11.3. The molecule has 3 heteroatoms. The van der Waals surface area contributed by atoms with Gasteiger partial charge in [0, 0.05) is 7.11 Å². The molecule has 0 bridgehead atoms. The zero-order valence-electron chi connectivity index (χ0n) is 11.3. The van der Waals surface area contributed by atoms with Crippen LogP contribution in [-0.4, -0.2) is 33.5 Å². The molecule has 2 unspecified atom stereocenters. The molecule has 0 fully saturated rings. The van der Waals surface area contributed by atoms with E-state index in [4.69, 9.17) is 9.47 Å². The molecule has 0 radical (unpaired) electrons. The van der Waals surface area contributed by atoms with Crippen LogP contribution in [0.2, 0.25) is 0 Å². The maximum atomic E-state index is 5.98. The van der Waals surface area contributed by atoms with E-state index in [9.17, 15) is 0 Å². The van der Waals surface area contributed by atoms with Crippen molar-refractivity contribution in [2.24, 2.45) is 0 Å². The molecule has 1 aromatic rings. The van der Waals surface area contributed by atoms with Crippen molar-refractivity contribution in [3.63, 3.8) is 0 Å². The summed E-state index contributed by atoms with van der Waals surface area (Å²) in [4.78, 5) is 0. The largest absolute Gasteiger partial charge is 0.382 e. The molecule has 18 heavy (non-hydrogen) atoms. The number of fused-ring (bicyclic) bond motifs is 1. The summed E-state index contributed by atoms with van der Waals surface area (Å²) in [7, 11) is 3.72. The van der Waals surface area contributed by atoms with Crippen molar-refractivity contribution < 1.29 is 9.47 Å². The molecule has 2 rings (SSSR count). The van der Waals surface area contributed by atoms with Gasteiger partial charge in [0.2, 0.25) is 0 Å². The third kappa shape index (κ3) is 3.10. The third-order valence-corrected chi connectivity index (χ3v) is 3.63. The van der Waals surface area contributed by atoms with Crippen LogP contribution >= 0.6 is 0 Å². The van der Waals surface area contributed by atoms with Gasteiger partial charge in [0.15, 0.2) is 0 Å². The molecule has 1 aliphatic carbocycles. The monoisotopic (exact) mass is 249 g/mol. The first-order chi connectivity index (χ1) is 8.86. The molecular weight excluding hydrogens is 226 g/mol. The molecule has 0 aliphatic heterocycles. The van der Waals surface area contributed by atoms with Gasteiger partial charge < -0.3 is 14.8 Å². The van der Waals surface area contributed by atoms with Gasteiger partial charge in [0.1, 0.15) is 0 Å². The Morgan fingerprint density at radius 1 is 1.28 bits per heavy atom. The van der Waals surface area contributed by atoms with Crippen molar-refractivity contribution in [1.29, 1.82) is 0 Å². The van der Waals surface area contributed by atoms with Crippen molar-refractivity contribution in [2.75, 3.05) is 27.4 Å². The summed E-state index contributed by atoms with van der Waals surface area (Å²) in [6.45, 7) is 1.33. The van der Waals surface area contributed by atoms with Gasteiger partial charge in [-0.05, 0) is 37.4 Å². The van der Waals surface area contributed by atoms with Crippen molar-refractivity contribution in [3.8, 4) is 0 Å². The Balaban J connectivity index is 2.12. The molecule has 1 aliphatic rings. The lowest BCUT2D eigenvalue weighted by atomic mass is 9.98. The fourth-order valence-electron chi connectivity index (χ4n) is 2.73. The lowest BCUT2D eigenvalue weighted by molar-refractivity contribution is -0.00480. The molecule has 0 amide bonds. The predicted octanol–water partition coefficient (Wildman–Crippen LogP) is 2.32. The molecule has 0 heterocycles. The quantitative estimate of drug-likeness (QED) is 0.641. The van der Waals surface area contributed by atoms with Crippen LogP contribution in [0.25, 0.3) is 0 Å². The van der Waals surface area contributed by atoms with Gasteiger partial charge in [-0.15, -0.1) is 0 Å². The standard InChI is InChI=1S/C15H23NO2/c1-16-15-13-8-4-3-6-12(13)7-5-9-14(15)18-11-10-17-2/h3-4,6,8,14-16H,5,7,9-11H2,1-2H3. The summed E-state index contributed by atoms with van der Waals surface area (Å²) >= 11 is 0. The van der Waals surface area contributed by atoms with E-state index < -0.39 is 0 Å². The van der Waals surface area contributed by atoms with Crippen LogP contribution in [0.1, 0.15) is 30.0 Å². The summed E-state index contributed by atoms with van der Waals surface area (Å²) in [6, 6.07) is 8.98. The summed E-state index contributed by atoms with van der Waals surface area (Å²) in [5, 5.41) is 3.41. The summed E-state index contributed by atoms with van der Waals surface area (Å²) in [5.74, 6) is 0. The minimum absolute atomic E-state index is 0.244. The molecular formula is C15H23NO2. The van der Waals surface area contributed by atoms with Crippen LogP contribution in [0.5, 0.6) is 0 Å². The number of ether oxygens (including phenoxy) is 2. The molecule has 0 saturated carbocycles. The fourth-order valence-corrected chi connectivity index (χ4v) is 2.73. The number of hydrogen-bond acceptors (Lipinski definition) is 3. The van der Waals surface area contributed by atoms with Crippen molar-refractivity contribution in [3.05, 3.63) is 35.4 Å². The van der Waals surface area contributed by atoms with Gasteiger partial charge in [-0.2, -0.15) is 0 Å². The van der Waals surface area contributed by atoms with E-state index in [0.29, 0.717) is 19.3 Å². The van der Waals surface area contributed by atoms with Crippen LogP contribution in [0.15, 0.2) is 24.3 Å². The number of benzene rings is 1. The van der Waals surface area contributed by atoms with Gasteiger partial charge in [0.05, 0.1) is 25.4 Å². The van der Waals surface area contributed by atoms with Gasteiger partial charge >= 0.3 is 0 Å². The van der Waals surface area contributed by atoms with Crippen LogP contribution < -0.4 is 5.32 Å². The fraction of sp³-hybridized carbons (Fsp3) is 0.600. The molecule has 100 valence electrons. The Bertz CT molecular complexity index is 367. The van der Waals surface area contributed by atoms with Gasteiger partial charge in [-0.25, -0.2) is 0 Å². The van der Waals surface area contributed by atoms with Crippen LogP contribution in [0.4, 0.5) is 0 Å². The average molecular weight is 249 g/mol. The molecule has 2 atom stereocenters. The second-order valence-corrected chi connectivity index (χ2v) is 4.76. The van der Waals surface area contributed by atoms with Gasteiger partial charge in [-0.3, -0.25) is 0 Å². The number of aryl methyl sites for hydroxylation is 1. The normalized spacial score (nSPS) is 23.4. The topological polar surface area (TPSA) is 30.5 Å². The molecule has 0 spiro atoms. The minimum atomic E-state index is 0.244. The number of methoxy groups -OCH3 is 1. The number of rotatable bonds is 5. The third-order valence-electron chi connectivity index (χ3n) is 3.63. The first kappa shape index (κ1) is 13.5. The first-order valence-corrected chi connectivity index (χ1v) is 6.72. The molecule has 0 saturated heterocycles. The van der Waals surface area contributed by atoms with Gasteiger partial charge in [0.25, 0.3) is 0 Å². The maximum Gasteiger partial charge on any atom is 0.0771 e. The zero-order chi connectivity index (χ0) is 12.8. The Morgan fingerprint density at radius 3 is 2.89 bits per heavy atom. The number of likely N-dealkylation sites (N-methyl/N-ethyl adjacent to an activating group) is 1. The Hall–Kier alpha value is -0.900. The highest BCUT2D eigenvalue weighted by Crippen LogP contribution is 2.30. The number of hydrogen-bond donors (Lipinski definition) is 1. The van der Waals surface area contributed by atoms with E-state index in [1.165, 1.54) is 17.5 Å². The van der Waals surface area contributed by atoms with E-state index in [2.05, 4.69) is 29.6 Å². The van der Waals surface area contributed by atoms with Crippen LogP contribution in [0.3, 0.4) is 0 Å². The van der Waals surface area contributed by atoms with Crippen molar-refractivity contribution in [2.45, 2.75) is 31.4 Å². The molecule has 3 nitrogen and oxygen atoms in total. The van der Waals surface area contributed by atoms with E-state index in [-0.39, 0.29) is 6.10 Å². The molecule has 1 N–H and O–H groups in total. The highest BCUT2D eigenvalue weighted by Gasteiger charge is 2.26. The molecule has 1 aromatic carbocycles. The maximum absolute atomic E-state index is 5.98. The predicted molar refractivity (Wildman–Crippen MR) is 72.8 cm³/mol. The summed E-state index contributed by atoms with van der Waals surface area (Å²) in [6.07, 6.45) is 3.68. The van der Waals surface area contributed by atoms with Gasteiger partial charge in [-0.1, -0.05) is 24.3 Å². The van der Waals surface area contributed by atoms with E-state index in [0.717, 1.165) is 12.8 Å². The Morgan fingerprint density at radius 2 is 2.11 bits per heavy atom. The average Bonchev–Trinajstić information content (AvgIpc) is 2.58. The summed E-state index contributed by atoms with van der Waals surface area (Å²) in [5.41, 5.74) is 2.84. The van der Waals surface area contributed by atoms with Crippen LogP contribution in [0, 0.1) is 0 Å². The van der Waals surface area contributed by atoms with Crippen molar-refractivity contribution >= 4 is 0 Å². The first-order valence-electron chi connectivity index (χ1n) is 6.72. The molecule has 0 aromatic heterocycles. The van der Waals surface area contributed by atoms with E-state index in [1.54, 1.807) is 7.11 Å². The summed E-state index contributed by atoms with van der Waals surface area (Å²) < 4.78 is 11.0. The van der Waals surface area contributed by atoms with Crippen molar-refractivity contribution in [1.82, 2.24) is 5.32 Å². The lowest BCUT2D eigenvalue weighted by Crippen LogP contribution is -2.32.